The number of nitrogens with zero attached hydrogens (tertiary/aromatic N) is 2. The number of hydrogen-bond acceptors (Lipinski definition) is 2. The van der Waals surface area contributed by atoms with E-state index < -0.39 is 5.95 Å². The third kappa shape index (κ3) is 2.17. The molecule has 2 aromatic heterocycles. The minimum atomic E-state index is -0.450. The first-order valence-corrected chi connectivity index (χ1v) is 6.93. The molecule has 4 nitrogen and oxygen atoms in total. The normalized spacial score (nSPS) is 16.4. The van der Waals surface area contributed by atoms with Gasteiger partial charge in [-0.2, -0.15) is 4.39 Å². The second-order valence-electron chi connectivity index (χ2n) is 5.68. The van der Waals surface area contributed by atoms with E-state index in [0.29, 0.717) is 17.1 Å². The van der Waals surface area contributed by atoms with Gasteiger partial charge < -0.3 is 5.32 Å². The average Bonchev–Trinajstić information content (AvgIpc) is 3.14. The van der Waals surface area contributed by atoms with E-state index in [4.69, 9.17) is 0 Å². The predicted molar refractivity (Wildman–Crippen MR) is 74.3 cm³/mol. The van der Waals surface area contributed by atoms with Crippen molar-refractivity contribution < 1.29 is 9.18 Å². The van der Waals surface area contributed by atoms with E-state index in [2.05, 4.69) is 10.3 Å². The predicted octanol–water partition coefficient (Wildman–Crippen LogP) is 2.62. The summed E-state index contributed by atoms with van der Waals surface area (Å²) in [5, 5.41) is 2.94. The van der Waals surface area contributed by atoms with Crippen LogP contribution in [0.2, 0.25) is 0 Å². The fourth-order valence-electron chi connectivity index (χ4n) is 2.65. The van der Waals surface area contributed by atoms with E-state index in [0.717, 1.165) is 24.2 Å². The molecule has 1 amide bonds. The number of carbonyl (C=O) groups is 1. The van der Waals surface area contributed by atoms with Crippen LogP contribution in [-0.4, -0.2) is 21.3 Å². The lowest BCUT2D eigenvalue weighted by Crippen LogP contribution is -2.34. The van der Waals surface area contributed by atoms with Gasteiger partial charge in [0, 0.05) is 23.5 Å². The van der Waals surface area contributed by atoms with Crippen LogP contribution in [0.3, 0.4) is 0 Å². The van der Waals surface area contributed by atoms with Crippen molar-refractivity contribution in [2.24, 2.45) is 5.92 Å². The summed E-state index contributed by atoms with van der Waals surface area (Å²) in [5.74, 6) is -0.133. The van der Waals surface area contributed by atoms with Crippen molar-refractivity contribution in [3.8, 4) is 0 Å². The summed E-state index contributed by atoms with van der Waals surface area (Å²) in [6.07, 6.45) is 2.31. The number of rotatable bonds is 3. The molecule has 1 saturated carbocycles. The van der Waals surface area contributed by atoms with E-state index in [1.807, 2.05) is 13.8 Å². The molecule has 2 heterocycles. The van der Waals surface area contributed by atoms with Crippen molar-refractivity contribution in [2.75, 3.05) is 0 Å². The number of carbonyl (C=O) groups excluding carboxylic acids is 1. The summed E-state index contributed by atoms with van der Waals surface area (Å²) >= 11 is 0. The molecule has 0 radical (unpaired) electrons. The highest BCUT2D eigenvalue weighted by molar-refractivity contribution is 6.00. The Morgan fingerprint density at radius 1 is 1.45 bits per heavy atom. The molecule has 1 atom stereocenters. The SMILES string of the molecule is Cc1cc(C)n2c(F)cc(C(=O)N[C@@H](C)C3CC3)c2n1. The van der Waals surface area contributed by atoms with Crippen molar-refractivity contribution in [1.82, 2.24) is 14.7 Å². The van der Waals surface area contributed by atoms with Crippen molar-refractivity contribution in [2.45, 2.75) is 39.7 Å². The molecule has 0 unspecified atom stereocenters. The monoisotopic (exact) mass is 275 g/mol. The summed E-state index contributed by atoms with van der Waals surface area (Å²) in [7, 11) is 0. The van der Waals surface area contributed by atoms with Crippen LogP contribution in [0.1, 0.15) is 41.5 Å². The maximum atomic E-state index is 14.0. The lowest BCUT2D eigenvalue weighted by Gasteiger charge is -2.12. The molecule has 0 aromatic carbocycles. The van der Waals surface area contributed by atoms with E-state index in [1.54, 1.807) is 13.0 Å². The van der Waals surface area contributed by atoms with Crippen LogP contribution in [0.5, 0.6) is 0 Å². The fourth-order valence-corrected chi connectivity index (χ4v) is 2.65. The highest BCUT2D eigenvalue weighted by Gasteiger charge is 2.30. The number of aryl methyl sites for hydroxylation is 2. The van der Waals surface area contributed by atoms with Crippen LogP contribution in [0.25, 0.3) is 5.65 Å². The van der Waals surface area contributed by atoms with Crippen molar-refractivity contribution >= 4 is 11.6 Å². The molecule has 106 valence electrons. The maximum Gasteiger partial charge on any atom is 0.255 e. The van der Waals surface area contributed by atoms with Gasteiger partial charge in [-0.25, -0.2) is 4.98 Å². The summed E-state index contributed by atoms with van der Waals surface area (Å²) in [6, 6.07) is 3.19. The van der Waals surface area contributed by atoms with Crippen LogP contribution in [-0.2, 0) is 0 Å². The summed E-state index contributed by atoms with van der Waals surface area (Å²) in [6.45, 7) is 5.64. The Morgan fingerprint density at radius 3 is 2.80 bits per heavy atom. The molecular formula is C15H18FN3O. The standard InChI is InChI=1S/C15H18FN3O/c1-8-6-9(2)19-13(16)7-12(14(19)17-8)15(20)18-10(3)11-4-5-11/h6-7,10-11H,4-5H2,1-3H3,(H,18,20)/t10-/m0/s1. The third-order valence-corrected chi connectivity index (χ3v) is 3.92. The van der Waals surface area contributed by atoms with Crippen molar-refractivity contribution in [1.29, 1.82) is 0 Å². The number of halogens is 1. The zero-order valence-electron chi connectivity index (χ0n) is 11.9. The van der Waals surface area contributed by atoms with Gasteiger partial charge >= 0.3 is 0 Å². The molecule has 0 saturated heterocycles. The van der Waals surface area contributed by atoms with Crippen LogP contribution in [0.15, 0.2) is 12.1 Å². The summed E-state index contributed by atoms with van der Waals surface area (Å²) in [5.41, 5.74) is 2.21. The van der Waals surface area contributed by atoms with Crippen LogP contribution in [0.4, 0.5) is 4.39 Å². The molecule has 20 heavy (non-hydrogen) atoms. The second-order valence-corrected chi connectivity index (χ2v) is 5.68. The Hall–Kier alpha value is -1.91. The van der Waals surface area contributed by atoms with Gasteiger partial charge in [-0.3, -0.25) is 9.20 Å². The van der Waals surface area contributed by atoms with E-state index in [-0.39, 0.29) is 11.9 Å². The van der Waals surface area contributed by atoms with Gasteiger partial charge in [0.05, 0.1) is 5.56 Å². The Bertz CT molecular complexity index is 688. The quantitative estimate of drug-likeness (QED) is 0.936. The molecule has 1 aliphatic carbocycles. The smallest absolute Gasteiger partial charge is 0.255 e. The number of hydrogen-bond donors (Lipinski definition) is 1. The lowest BCUT2D eigenvalue weighted by molar-refractivity contribution is 0.0937. The Balaban J connectivity index is 2.00. The highest BCUT2D eigenvalue weighted by atomic mass is 19.1. The first kappa shape index (κ1) is 13.1. The molecule has 1 N–H and O–H groups in total. The second kappa shape index (κ2) is 4.58. The number of fused-ring (bicyclic) bond motifs is 1. The van der Waals surface area contributed by atoms with Crippen LogP contribution in [0, 0.1) is 25.7 Å². The molecule has 0 spiro atoms. The zero-order valence-corrected chi connectivity index (χ0v) is 11.9. The third-order valence-electron chi connectivity index (χ3n) is 3.92. The first-order valence-electron chi connectivity index (χ1n) is 6.93. The number of amides is 1. The maximum absolute atomic E-state index is 14.0. The van der Waals surface area contributed by atoms with Crippen LogP contribution < -0.4 is 5.32 Å². The Kier molecular flexibility index (Phi) is 3.00. The zero-order chi connectivity index (χ0) is 14.4. The minimum absolute atomic E-state index is 0.131. The topological polar surface area (TPSA) is 46.4 Å². The van der Waals surface area contributed by atoms with Gasteiger partial charge in [0.1, 0.15) is 0 Å². The van der Waals surface area contributed by atoms with Gasteiger partial charge in [-0.05, 0) is 45.6 Å². The van der Waals surface area contributed by atoms with Crippen molar-refractivity contribution in [3.63, 3.8) is 0 Å². The van der Waals surface area contributed by atoms with Gasteiger partial charge in [-0.15, -0.1) is 0 Å². The number of aromatic nitrogens is 2. The van der Waals surface area contributed by atoms with Crippen molar-refractivity contribution in [3.05, 3.63) is 35.0 Å². The van der Waals surface area contributed by atoms with E-state index in [9.17, 15) is 9.18 Å². The van der Waals surface area contributed by atoms with Gasteiger partial charge in [-0.1, -0.05) is 0 Å². The van der Waals surface area contributed by atoms with Gasteiger partial charge in [0.2, 0.25) is 5.95 Å². The molecule has 5 heteroatoms. The molecule has 1 fully saturated rings. The highest BCUT2D eigenvalue weighted by Crippen LogP contribution is 2.32. The molecule has 1 aliphatic rings. The van der Waals surface area contributed by atoms with Gasteiger partial charge in [0.25, 0.3) is 5.91 Å². The molecule has 3 rings (SSSR count). The average molecular weight is 275 g/mol. The summed E-state index contributed by atoms with van der Waals surface area (Å²) < 4.78 is 15.4. The molecule has 0 aliphatic heterocycles. The van der Waals surface area contributed by atoms with E-state index >= 15 is 0 Å². The molecular weight excluding hydrogens is 257 g/mol. The fraction of sp³-hybridized carbons (Fsp3) is 0.467. The number of nitrogens with one attached hydrogen (secondary N) is 1. The minimum Gasteiger partial charge on any atom is -0.349 e. The molecule has 0 bridgehead atoms. The lowest BCUT2D eigenvalue weighted by atomic mass is 10.2. The summed E-state index contributed by atoms with van der Waals surface area (Å²) in [4.78, 5) is 16.6. The Labute approximate surface area is 117 Å². The van der Waals surface area contributed by atoms with E-state index in [1.165, 1.54) is 10.5 Å². The largest absolute Gasteiger partial charge is 0.349 e. The first-order chi connectivity index (χ1) is 9.47. The molecule has 2 aromatic rings. The Morgan fingerprint density at radius 2 is 2.15 bits per heavy atom. The van der Waals surface area contributed by atoms with Crippen LogP contribution >= 0.6 is 0 Å². The van der Waals surface area contributed by atoms with Gasteiger partial charge in [0.15, 0.2) is 5.65 Å².